The van der Waals surface area contributed by atoms with E-state index in [1.165, 1.54) is 11.0 Å². The zero-order valence-corrected chi connectivity index (χ0v) is 25.6. The van der Waals surface area contributed by atoms with Crippen LogP contribution in [0.5, 0.6) is 0 Å². The Bertz CT molecular complexity index is 1780. The number of anilines is 3. The van der Waals surface area contributed by atoms with E-state index in [1.54, 1.807) is 0 Å². The van der Waals surface area contributed by atoms with Crippen LogP contribution in [0.2, 0.25) is 0 Å². The molecule has 5 aliphatic rings. The van der Waals surface area contributed by atoms with Crippen LogP contribution in [0.15, 0.2) is 35.4 Å². The van der Waals surface area contributed by atoms with Crippen LogP contribution in [0, 0.1) is 0 Å². The van der Waals surface area contributed by atoms with Gasteiger partial charge >= 0.3 is 6.18 Å². The van der Waals surface area contributed by atoms with Crippen LogP contribution in [0.25, 0.3) is 10.6 Å². The van der Waals surface area contributed by atoms with Crippen LogP contribution in [-0.4, -0.2) is 84.7 Å². The van der Waals surface area contributed by atoms with Crippen LogP contribution in [0.3, 0.4) is 0 Å². The lowest BCUT2D eigenvalue weighted by molar-refractivity contribution is -0.137. The van der Waals surface area contributed by atoms with E-state index in [4.69, 9.17) is 0 Å². The van der Waals surface area contributed by atoms with Crippen molar-refractivity contribution in [1.82, 2.24) is 19.8 Å². The molecule has 2 atom stereocenters. The number of carbonyl (C=O) groups excluding carboxylic acids is 1. The number of carbonyl (C=O) groups is 1. The minimum atomic E-state index is -4.79. The second-order valence-electron chi connectivity index (χ2n) is 12.6. The first-order chi connectivity index (χ1) is 21.0. The highest BCUT2D eigenvalue weighted by Crippen LogP contribution is 2.47. The number of fused-ring (bicyclic) bond motifs is 3. The first-order valence-electron chi connectivity index (χ1n) is 15.0. The molecule has 8 rings (SSSR count). The highest BCUT2D eigenvalue weighted by molar-refractivity contribution is 7.91. The van der Waals surface area contributed by atoms with Gasteiger partial charge in [-0.2, -0.15) is 13.2 Å². The Kier molecular flexibility index (Phi) is 6.35. The number of aromatic nitrogens is 2. The first kappa shape index (κ1) is 28.3. The number of hydrogen-bond acceptors (Lipinski definition) is 9. The molecule has 1 aromatic carbocycles. The lowest BCUT2D eigenvalue weighted by atomic mass is 10.1. The average Bonchev–Trinajstić information content (AvgIpc) is 3.89. The molecular weight excluding hydrogens is 613 g/mol. The van der Waals surface area contributed by atoms with Crippen molar-refractivity contribution in [2.24, 2.45) is 0 Å². The lowest BCUT2D eigenvalue weighted by Gasteiger charge is -2.34. The Morgan fingerprint density at radius 2 is 1.82 bits per heavy atom. The zero-order valence-electron chi connectivity index (χ0n) is 24.0. The maximum atomic E-state index is 14.2. The summed E-state index contributed by atoms with van der Waals surface area (Å²) in [5, 5.41) is 3.16. The molecule has 1 unspecified atom stereocenters. The Labute approximate surface area is 257 Å². The van der Waals surface area contributed by atoms with Gasteiger partial charge in [0.05, 0.1) is 21.2 Å². The number of sulfone groups is 1. The van der Waals surface area contributed by atoms with E-state index < -0.39 is 33.2 Å². The number of nitrogens with zero attached hydrogens (tertiary/aromatic N) is 5. The Morgan fingerprint density at radius 3 is 2.48 bits per heavy atom. The molecule has 2 aromatic heterocycles. The molecule has 232 valence electrons. The Hall–Kier alpha value is -3.23. The number of nitrogens with one attached hydrogen (secondary N) is 1. The van der Waals surface area contributed by atoms with Crippen LogP contribution >= 0.6 is 11.3 Å². The van der Waals surface area contributed by atoms with Crippen molar-refractivity contribution in [1.29, 1.82) is 0 Å². The quantitative estimate of drug-likeness (QED) is 0.395. The van der Waals surface area contributed by atoms with Gasteiger partial charge in [0.2, 0.25) is 5.95 Å². The highest BCUT2D eigenvalue weighted by atomic mass is 32.2. The molecular formula is C30H31F3N6O3S2. The predicted octanol–water partition coefficient (Wildman–Crippen LogP) is 5.13. The molecule has 1 amide bonds. The number of thiophene rings is 1. The van der Waals surface area contributed by atoms with Crippen molar-refractivity contribution >= 4 is 44.4 Å². The average molecular weight is 645 g/mol. The van der Waals surface area contributed by atoms with Crippen molar-refractivity contribution in [3.05, 3.63) is 46.5 Å². The van der Waals surface area contributed by atoms with Gasteiger partial charge in [0.1, 0.15) is 10.4 Å². The smallest absolute Gasteiger partial charge is 0.366 e. The number of alkyl halides is 3. The molecule has 14 heteroatoms. The fourth-order valence-electron chi connectivity index (χ4n) is 6.88. The van der Waals surface area contributed by atoms with Gasteiger partial charge in [-0.3, -0.25) is 9.69 Å². The second-order valence-corrected chi connectivity index (χ2v) is 15.7. The number of amides is 1. The molecule has 0 radical (unpaired) electrons. The molecule has 4 fully saturated rings. The standard InChI is InChI=1S/C30H31F3N6O3S2/c1-37-14-20-10-19(37)15-39(20)18-6-7-23(21(11-18)16-2-3-16)35-29-34-13-22(30(31,32)33)26(36-29)24-12-25-27(43-24)28(40)38(17-4-5-17)8-9-44(25,41)42/h6-7,11-13,16-17,19-20H,2-5,8-10,14-15H2,1H3,(H,34,35,36)/t19-,20?/m0/s1. The Balaban J connectivity index is 1.15. The van der Waals surface area contributed by atoms with E-state index in [9.17, 15) is 26.4 Å². The maximum Gasteiger partial charge on any atom is 0.420 e. The third-order valence-corrected chi connectivity index (χ3v) is 12.5. The molecule has 9 nitrogen and oxygen atoms in total. The number of likely N-dealkylation sites (N-methyl/N-ethyl adjacent to an activating group) is 1. The molecule has 3 aromatic rings. The van der Waals surface area contributed by atoms with Crippen LogP contribution in [0.1, 0.15) is 58.8 Å². The molecule has 1 N–H and O–H groups in total. The molecule has 2 saturated carbocycles. The van der Waals surface area contributed by atoms with Gasteiger partial charge in [0.15, 0.2) is 9.84 Å². The maximum absolute atomic E-state index is 14.2. The minimum Gasteiger partial charge on any atom is -0.366 e. The summed E-state index contributed by atoms with van der Waals surface area (Å²) in [6.45, 7) is 2.09. The number of hydrogen-bond donors (Lipinski definition) is 1. The third-order valence-electron chi connectivity index (χ3n) is 9.55. The van der Waals surface area contributed by atoms with E-state index in [1.807, 2.05) is 12.1 Å². The van der Waals surface area contributed by atoms with Crippen molar-refractivity contribution in [2.45, 2.75) is 67.2 Å². The summed E-state index contributed by atoms with van der Waals surface area (Å²) < 4.78 is 68.8. The van der Waals surface area contributed by atoms with Crippen LogP contribution in [0.4, 0.5) is 30.5 Å². The number of piperazine rings is 1. The zero-order chi connectivity index (χ0) is 30.5. The monoisotopic (exact) mass is 644 g/mol. The van der Waals surface area contributed by atoms with Gasteiger partial charge in [-0.1, -0.05) is 0 Å². The predicted molar refractivity (Wildman–Crippen MR) is 160 cm³/mol. The van der Waals surface area contributed by atoms with Gasteiger partial charge in [-0.15, -0.1) is 11.3 Å². The fraction of sp³-hybridized carbons (Fsp3) is 0.500. The molecule has 2 aliphatic carbocycles. The molecule has 5 heterocycles. The molecule has 3 aliphatic heterocycles. The number of benzene rings is 1. The second kappa shape index (κ2) is 9.88. The summed E-state index contributed by atoms with van der Waals surface area (Å²) in [6.07, 6.45) is 0.736. The van der Waals surface area contributed by atoms with Gasteiger partial charge in [0, 0.05) is 55.3 Å². The molecule has 2 bridgehead atoms. The normalized spacial score (nSPS) is 25.0. The number of likely N-dealkylation sites (tertiary alicyclic amines) is 1. The van der Waals surface area contributed by atoms with Gasteiger partial charge < -0.3 is 15.1 Å². The number of halogens is 3. The lowest BCUT2D eigenvalue weighted by Crippen LogP contribution is -2.44. The van der Waals surface area contributed by atoms with Crippen molar-refractivity contribution in [3.63, 3.8) is 0 Å². The van der Waals surface area contributed by atoms with Crippen LogP contribution < -0.4 is 10.2 Å². The van der Waals surface area contributed by atoms with E-state index >= 15 is 0 Å². The summed E-state index contributed by atoms with van der Waals surface area (Å²) in [5.74, 6) is -0.390. The van der Waals surface area contributed by atoms with E-state index in [0.717, 1.165) is 79.7 Å². The summed E-state index contributed by atoms with van der Waals surface area (Å²) in [7, 11) is -1.71. The molecule has 0 spiro atoms. The summed E-state index contributed by atoms with van der Waals surface area (Å²) >= 11 is 0.749. The first-order valence-corrected chi connectivity index (χ1v) is 17.4. The Morgan fingerprint density at radius 1 is 1.02 bits per heavy atom. The SMILES string of the molecule is CN1CC2C[C@H]1CN2c1ccc(Nc2ncc(C(F)(F)F)c(-c3cc4c(s3)C(=O)N(C3CC3)CCS4(=O)=O)n2)c(C2CC2)c1. The van der Waals surface area contributed by atoms with E-state index in [2.05, 4.69) is 38.2 Å². The number of rotatable bonds is 6. The highest BCUT2D eigenvalue weighted by Gasteiger charge is 2.43. The van der Waals surface area contributed by atoms with Crippen LogP contribution in [-0.2, 0) is 16.0 Å². The van der Waals surface area contributed by atoms with E-state index in [0.29, 0.717) is 18.0 Å². The fourth-order valence-corrected chi connectivity index (χ4v) is 9.80. The summed E-state index contributed by atoms with van der Waals surface area (Å²) in [5.41, 5.74) is 1.44. The minimum absolute atomic E-state index is 0.0243. The largest absolute Gasteiger partial charge is 0.420 e. The van der Waals surface area contributed by atoms with Gasteiger partial charge in [-0.25, -0.2) is 18.4 Å². The van der Waals surface area contributed by atoms with Gasteiger partial charge in [0.25, 0.3) is 5.91 Å². The van der Waals surface area contributed by atoms with Gasteiger partial charge in [-0.05, 0) is 74.9 Å². The molecule has 2 saturated heterocycles. The van der Waals surface area contributed by atoms with E-state index in [-0.39, 0.29) is 38.9 Å². The molecule has 44 heavy (non-hydrogen) atoms. The van der Waals surface area contributed by atoms with Crippen molar-refractivity contribution < 1.29 is 26.4 Å². The third kappa shape index (κ3) is 4.85. The summed E-state index contributed by atoms with van der Waals surface area (Å²) in [6, 6.07) is 8.35. The van der Waals surface area contributed by atoms with Crippen molar-refractivity contribution in [2.75, 3.05) is 42.7 Å². The topological polar surface area (TPSA) is 98.7 Å². The van der Waals surface area contributed by atoms with Crippen molar-refractivity contribution in [3.8, 4) is 10.6 Å². The summed E-state index contributed by atoms with van der Waals surface area (Å²) in [4.78, 5) is 27.7.